The summed E-state index contributed by atoms with van der Waals surface area (Å²) in [5, 5.41) is 2.39. The average molecular weight is 407 g/mol. The van der Waals surface area contributed by atoms with E-state index in [1.54, 1.807) is 17.0 Å². The molecule has 0 spiro atoms. The minimum atomic E-state index is -4.40. The predicted molar refractivity (Wildman–Crippen MR) is 99.3 cm³/mol. The smallest absolute Gasteiger partial charge is 0.416 e. The van der Waals surface area contributed by atoms with Crippen molar-refractivity contribution in [3.05, 3.63) is 59.2 Å². The number of halogens is 3. The van der Waals surface area contributed by atoms with Crippen molar-refractivity contribution in [3.8, 4) is 11.5 Å². The number of urea groups is 1. The maximum Gasteiger partial charge on any atom is 0.416 e. The van der Waals surface area contributed by atoms with Gasteiger partial charge in [-0.05, 0) is 42.3 Å². The lowest BCUT2D eigenvalue weighted by Gasteiger charge is -2.30. The minimum absolute atomic E-state index is 0.0986. The molecule has 6 nitrogen and oxygen atoms in total. The normalized spacial score (nSPS) is 13.6. The molecule has 0 atom stereocenters. The van der Waals surface area contributed by atoms with Gasteiger partial charge in [-0.3, -0.25) is 4.79 Å². The number of hydrogen-bond donors (Lipinski definition) is 2. The zero-order valence-corrected chi connectivity index (χ0v) is 15.5. The number of fused-ring (bicyclic) bond motifs is 1. The molecule has 0 fully saturated rings. The fourth-order valence-corrected chi connectivity index (χ4v) is 3.17. The van der Waals surface area contributed by atoms with Gasteiger partial charge in [-0.25, -0.2) is 4.79 Å². The molecule has 0 saturated carbocycles. The molecule has 2 aromatic carbocycles. The molecule has 3 N–H and O–H groups in total. The number of nitrogens with zero attached hydrogens (tertiary/aromatic N) is 1. The molecule has 0 radical (unpaired) electrons. The van der Waals surface area contributed by atoms with E-state index in [-0.39, 0.29) is 18.9 Å². The predicted octanol–water partition coefficient (Wildman–Crippen LogP) is 3.44. The quantitative estimate of drug-likeness (QED) is 0.796. The van der Waals surface area contributed by atoms with E-state index >= 15 is 0 Å². The number of primary amides is 1. The highest BCUT2D eigenvalue weighted by molar-refractivity contribution is 5.78. The van der Waals surface area contributed by atoms with Crippen molar-refractivity contribution in [2.24, 2.45) is 5.73 Å². The number of carbonyl (C=O) groups excluding carboxylic acids is 2. The monoisotopic (exact) mass is 407 g/mol. The van der Waals surface area contributed by atoms with Gasteiger partial charge in [0.1, 0.15) is 11.5 Å². The number of ether oxygens (including phenoxy) is 1. The molecule has 1 aliphatic rings. The van der Waals surface area contributed by atoms with Crippen LogP contribution in [0.25, 0.3) is 0 Å². The van der Waals surface area contributed by atoms with Crippen molar-refractivity contribution in [2.75, 3.05) is 13.1 Å². The van der Waals surface area contributed by atoms with E-state index in [1.807, 2.05) is 6.07 Å². The average Bonchev–Trinajstić information content (AvgIpc) is 2.67. The van der Waals surface area contributed by atoms with Crippen LogP contribution in [0.4, 0.5) is 18.0 Å². The Hall–Kier alpha value is -3.23. The van der Waals surface area contributed by atoms with Crippen LogP contribution in [-0.2, 0) is 23.9 Å². The van der Waals surface area contributed by atoms with Crippen LogP contribution in [0, 0.1) is 0 Å². The van der Waals surface area contributed by atoms with E-state index in [4.69, 9.17) is 10.5 Å². The van der Waals surface area contributed by atoms with Crippen molar-refractivity contribution in [3.63, 3.8) is 0 Å². The van der Waals surface area contributed by atoms with Gasteiger partial charge >= 0.3 is 12.2 Å². The fraction of sp³-hybridized carbons (Fsp3) is 0.300. The van der Waals surface area contributed by atoms with E-state index < -0.39 is 17.8 Å². The highest BCUT2D eigenvalue weighted by atomic mass is 19.4. The molecule has 9 heteroatoms. The summed E-state index contributed by atoms with van der Waals surface area (Å²) >= 11 is 0. The molecule has 3 amide bonds. The number of nitrogens with one attached hydrogen (secondary N) is 1. The lowest BCUT2D eigenvalue weighted by Crippen LogP contribution is -2.38. The van der Waals surface area contributed by atoms with Crippen molar-refractivity contribution in [1.29, 1.82) is 0 Å². The Morgan fingerprint density at radius 3 is 2.52 bits per heavy atom. The Bertz CT molecular complexity index is 898. The fourth-order valence-electron chi connectivity index (χ4n) is 3.17. The van der Waals surface area contributed by atoms with Crippen LogP contribution in [0.5, 0.6) is 11.5 Å². The number of rotatable bonds is 5. The van der Waals surface area contributed by atoms with Crippen LogP contribution in [0.1, 0.15) is 23.1 Å². The van der Waals surface area contributed by atoms with E-state index in [2.05, 4.69) is 5.32 Å². The van der Waals surface area contributed by atoms with Gasteiger partial charge in [0.25, 0.3) is 0 Å². The molecule has 0 saturated heterocycles. The largest absolute Gasteiger partial charge is 0.457 e. The third-order valence-corrected chi connectivity index (χ3v) is 4.62. The molecular formula is C20H20F3N3O3. The molecule has 0 aliphatic carbocycles. The van der Waals surface area contributed by atoms with Crippen molar-refractivity contribution in [2.45, 2.75) is 25.6 Å². The lowest BCUT2D eigenvalue weighted by atomic mass is 9.98. The molecule has 29 heavy (non-hydrogen) atoms. The molecule has 0 bridgehead atoms. The Morgan fingerprint density at radius 1 is 1.14 bits per heavy atom. The van der Waals surface area contributed by atoms with Gasteiger partial charge in [-0.2, -0.15) is 13.2 Å². The summed E-state index contributed by atoms with van der Waals surface area (Å²) in [7, 11) is 0. The minimum Gasteiger partial charge on any atom is -0.457 e. The van der Waals surface area contributed by atoms with Crippen LogP contribution >= 0.6 is 0 Å². The van der Waals surface area contributed by atoms with Crippen molar-refractivity contribution < 1.29 is 27.5 Å². The molecule has 0 aromatic heterocycles. The van der Waals surface area contributed by atoms with Crippen molar-refractivity contribution >= 4 is 11.9 Å². The van der Waals surface area contributed by atoms with Gasteiger partial charge in [0.15, 0.2) is 0 Å². The number of nitrogens with two attached hydrogens (primary N) is 1. The van der Waals surface area contributed by atoms with Gasteiger partial charge in [0.05, 0.1) is 5.56 Å². The summed E-state index contributed by atoms with van der Waals surface area (Å²) < 4.78 is 43.9. The second kappa shape index (κ2) is 8.42. The molecular weight excluding hydrogens is 387 g/mol. The van der Waals surface area contributed by atoms with Crippen LogP contribution in [0.3, 0.4) is 0 Å². The zero-order valence-electron chi connectivity index (χ0n) is 15.5. The standard InChI is InChI=1S/C20H20F3N3O3/c21-20(22,23)14-4-6-15(7-5-14)29-17-3-1-2-13-12-26(11-9-16(13)17)18(27)8-10-25-19(24)28/h1-7H,8-12H2,(H3,24,25,28). The van der Waals surface area contributed by atoms with Gasteiger partial charge in [-0.15, -0.1) is 0 Å². The summed E-state index contributed by atoms with van der Waals surface area (Å²) in [6.45, 7) is 1.05. The van der Waals surface area contributed by atoms with Crippen LogP contribution in [0.2, 0.25) is 0 Å². The second-order valence-corrected chi connectivity index (χ2v) is 6.62. The van der Waals surface area contributed by atoms with E-state index in [0.29, 0.717) is 31.0 Å². The van der Waals surface area contributed by atoms with E-state index in [1.165, 1.54) is 12.1 Å². The van der Waals surface area contributed by atoms with Crippen LogP contribution in [-0.4, -0.2) is 29.9 Å². The Morgan fingerprint density at radius 2 is 1.86 bits per heavy atom. The Labute approximate surface area is 165 Å². The maximum absolute atomic E-state index is 12.7. The van der Waals surface area contributed by atoms with Gasteiger partial charge in [-0.1, -0.05) is 12.1 Å². The SMILES string of the molecule is NC(=O)NCCC(=O)N1CCc2c(cccc2Oc2ccc(C(F)(F)F)cc2)C1. The molecule has 1 heterocycles. The highest BCUT2D eigenvalue weighted by Gasteiger charge is 2.30. The summed E-state index contributed by atoms with van der Waals surface area (Å²) in [5.41, 5.74) is 6.09. The van der Waals surface area contributed by atoms with Gasteiger partial charge < -0.3 is 20.7 Å². The zero-order chi connectivity index (χ0) is 21.0. The Kier molecular flexibility index (Phi) is 5.95. The summed E-state index contributed by atoms with van der Waals surface area (Å²) in [6.07, 6.45) is -3.69. The first-order valence-electron chi connectivity index (χ1n) is 9.01. The van der Waals surface area contributed by atoms with Crippen LogP contribution in [0.15, 0.2) is 42.5 Å². The number of carbonyl (C=O) groups is 2. The third-order valence-electron chi connectivity index (χ3n) is 4.62. The number of amides is 3. The molecule has 2 aromatic rings. The summed E-state index contributed by atoms with van der Waals surface area (Å²) in [4.78, 5) is 24.7. The van der Waals surface area contributed by atoms with Crippen molar-refractivity contribution in [1.82, 2.24) is 10.2 Å². The molecule has 1 aliphatic heterocycles. The highest BCUT2D eigenvalue weighted by Crippen LogP contribution is 2.34. The topological polar surface area (TPSA) is 84.7 Å². The lowest BCUT2D eigenvalue weighted by molar-refractivity contribution is -0.137. The number of hydrogen-bond acceptors (Lipinski definition) is 3. The first-order chi connectivity index (χ1) is 13.7. The first kappa shape index (κ1) is 20.5. The van der Waals surface area contributed by atoms with Gasteiger partial charge in [0, 0.05) is 31.6 Å². The van der Waals surface area contributed by atoms with Crippen LogP contribution < -0.4 is 15.8 Å². The van der Waals surface area contributed by atoms with E-state index in [0.717, 1.165) is 23.3 Å². The summed E-state index contributed by atoms with van der Waals surface area (Å²) in [5.74, 6) is 0.769. The van der Waals surface area contributed by atoms with E-state index in [9.17, 15) is 22.8 Å². The molecule has 0 unspecified atom stereocenters. The Balaban J connectivity index is 1.68. The first-order valence-corrected chi connectivity index (χ1v) is 9.01. The van der Waals surface area contributed by atoms with Gasteiger partial charge in [0.2, 0.25) is 5.91 Å². The summed E-state index contributed by atoms with van der Waals surface area (Å²) in [6, 6.07) is 9.27. The third kappa shape index (κ3) is 5.18. The maximum atomic E-state index is 12.7. The number of benzene rings is 2. The molecule has 154 valence electrons. The number of alkyl halides is 3. The second-order valence-electron chi connectivity index (χ2n) is 6.62. The molecule has 3 rings (SSSR count).